The highest BCUT2D eigenvalue weighted by molar-refractivity contribution is 5.94. The van der Waals surface area contributed by atoms with Gasteiger partial charge in [-0.2, -0.15) is 10.5 Å². The number of rotatable bonds is 15. The number of nitriles is 1. The van der Waals surface area contributed by atoms with Crippen molar-refractivity contribution in [2.24, 2.45) is 5.92 Å². The number of H-pyrrole nitrogens is 1. The lowest BCUT2D eigenvalue weighted by atomic mass is 9.67. The van der Waals surface area contributed by atoms with Gasteiger partial charge in [0.2, 0.25) is 0 Å². The fourth-order valence-corrected chi connectivity index (χ4v) is 6.81. The van der Waals surface area contributed by atoms with Crippen LogP contribution < -0.4 is 21.3 Å². The Bertz CT molecular complexity index is 1560. The Hall–Kier alpha value is -4.49. The fraction of sp³-hybridized carbons (Fsp3) is 0.486. The summed E-state index contributed by atoms with van der Waals surface area (Å²) in [6, 6.07) is 15.0. The highest BCUT2D eigenvalue weighted by atomic mass is 16.1. The quantitative estimate of drug-likeness (QED) is 0.159. The predicted molar refractivity (Wildman–Crippen MR) is 185 cm³/mol. The largest absolute Gasteiger partial charge is 0.383 e. The van der Waals surface area contributed by atoms with E-state index < -0.39 is 5.41 Å². The summed E-state index contributed by atoms with van der Waals surface area (Å²) in [7, 11) is 0. The lowest BCUT2D eigenvalue weighted by molar-refractivity contribution is 0.0943. The smallest absolute Gasteiger partial charge is 0.251 e. The first-order valence-corrected chi connectivity index (χ1v) is 16.8. The number of nitrogens with one attached hydrogen (secondary N) is 5. The van der Waals surface area contributed by atoms with Crippen LogP contribution in [0.5, 0.6) is 0 Å². The summed E-state index contributed by atoms with van der Waals surface area (Å²) in [5, 5.41) is 39.1. The summed E-state index contributed by atoms with van der Waals surface area (Å²) >= 11 is 0. The summed E-state index contributed by atoms with van der Waals surface area (Å²) < 4.78 is 0. The molecule has 2 aliphatic carbocycles. The number of tetrazole rings is 1. The van der Waals surface area contributed by atoms with Crippen LogP contribution in [0.3, 0.4) is 0 Å². The normalized spacial score (nSPS) is 18.3. The molecule has 1 amide bonds. The topological polar surface area (TPSA) is 143 Å². The van der Waals surface area contributed by atoms with Crippen LogP contribution in [0.25, 0.3) is 5.70 Å². The maximum Gasteiger partial charge on any atom is 0.251 e. The number of carbonyl (C=O) groups excluding carboxylic acids is 1. The van der Waals surface area contributed by atoms with Crippen LogP contribution in [0.4, 0.5) is 0 Å². The minimum atomic E-state index is -0.769. The van der Waals surface area contributed by atoms with Gasteiger partial charge in [0.1, 0.15) is 6.04 Å². The molecule has 0 aliphatic heterocycles. The number of hydrogen-bond donors (Lipinski definition) is 5. The molecule has 0 bridgehead atoms. The number of aryl methyl sites for hydroxylation is 2. The van der Waals surface area contributed by atoms with Crippen LogP contribution in [-0.2, 0) is 18.3 Å². The molecule has 10 nitrogen and oxygen atoms in total. The third kappa shape index (κ3) is 7.91. The van der Waals surface area contributed by atoms with Crippen LogP contribution in [0, 0.1) is 17.2 Å². The van der Waals surface area contributed by atoms with E-state index in [-0.39, 0.29) is 30.1 Å². The first kappa shape index (κ1) is 33.9. The molecule has 47 heavy (non-hydrogen) atoms. The molecule has 3 aromatic rings. The number of benzene rings is 2. The molecule has 0 radical (unpaired) electrons. The molecule has 1 saturated carbocycles. The van der Waals surface area contributed by atoms with Crippen LogP contribution in [-0.4, -0.2) is 57.2 Å². The number of fused-ring (bicyclic) bond motifs is 2. The van der Waals surface area contributed by atoms with Gasteiger partial charge in [-0.1, -0.05) is 49.4 Å². The second-order valence-corrected chi connectivity index (χ2v) is 13.9. The van der Waals surface area contributed by atoms with Crippen molar-refractivity contribution in [3.05, 3.63) is 94.5 Å². The zero-order chi connectivity index (χ0) is 33.7. The number of amides is 1. The first-order valence-electron chi connectivity index (χ1n) is 16.8. The summed E-state index contributed by atoms with van der Waals surface area (Å²) in [5.41, 5.74) is 7.00. The van der Waals surface area contributed by atoms with Crippen molar-refractivity contribution < 1.29 is 4.79 Å². The molecule has 5 N–H and O–H groups in total. The van der Waals surface area contributed by atoms with Crippen molar-refractivity contribution in [1.82, 2.24) is 41.9 Å². The van der Waals surface area contributed by atoms with Gasteiger partial charge in [0.15, 0.2) is 5.82 Å². The molecule has 10 heteroatoms. The molecule has 2 aromatic carbocycles. The highest BCUT2D eigenvalue weighted by Gasteiger charge is 2.45. The number of aromatic nitrogens is 4. The average Bonchev–Trinajstić information content (AvgIpc) is 3.70. The Morgan fingerprint density at radius 2 is 1.62 bits per heavy atom. The van der Waals surface area contributed by atoms with Gasteiger partial charge in [0.25, 0.3) is 5.91 Å². The molecule has 2 unspecified atom stereocenters. The van der Waals surface area contributed by atoms with Crippen molar-refractivity contribution in [3.63, 3.8) is 0 Å². The molecular formula is C37H49N9O. The van der Waals surface area contributed by atoms with Crippen molar-refractivity contribution in [2.45, 2.75) is 103 Å². The molecular weight excluding hydrogens is 586 g/mol. The minimum Gasteiger partial charge on any atom is -0.383 e. The van der Waals surface area contributed by atoms with Gasteiger partial charge in [0, 0.05) is 41.6 Å². The number of carbonyl (C=O) groups is 1. The minimum absolute atomic E-state index is 0.0176. The first-order chi connectivity index (χ1) is 22.5. The van der Waals surface area contributed by atoms with Gasteiger partial charge >= 0.3 is 0 Å². The third-order valence-corrected chi connectivity index (χ3v) is 9.09. The molecule has 1 aromatic heterocycles. The second kappa shape index (κ2) is 14.5. The second-order valence-electron chi connectivity index (χ2n) is 13.9. The van der Waals surface area contributed by atoms with Crippen molar-refractivity contribution in [2.75, 3.05) is 6.54 Å². The van der Waals surface area contributed by atoms with E-state index in [9.17, 15) is 10.1 Å². The lowest BCUT2D eigenvalue weighted by Crippen LogP contribution is -2.42. The molecule has 248 valence electrons. The van der Waals surface area contributed by atoms with Crippen molar-refractivity contribution in [1.29, 1.82) is 5.26 Å². The zero-order valence-electron chi connectivity index (χ0n) is 28.4. The molecule has 0 saturated heterocycles. The van der Waals surface area contributed by atoms with Gasteiger partial charge in [-0.25, -0.2) is 0 Å². The Morgan fingerprint density at radius 3 is 2.19 bits per heavy atom. The van der Waals surface area contributed by atoms with Gasteiger partial charge < -0.3 is 21.3 Å². The SMILES string of the molecule is C=C(CN[C@@H](C)CC1(c2nn[nH]n2)c2ccc(C(=C)NC(C)C)cc2CCc2cc(C(=O)NC(C)C)ccc21)NC(C#N)CC1CC1. The summed E-state index contributed by atoms with van der Waals surface area (Å²) in [5.74, 6) is 1.13. The van der Waals surface area contributed by atoms with E-state index >= 15 is 0 Å². The molecule has 1 fully saturated rings. The Balaban J connectivity index is 1.53. The Labute approximate surface area is 278 Å². The predicted octanol–water partition coefficient (Wildman–Crippen LogP) is 4.90. The number of aromatic amines is 1. The molecule has 3 atom stereocenters. The third-order valence-electron chi connectivity index (χ3n) is 9.09. The Kier molecular flexibility index (Phi) is 10.5. The summed E-state index contributed by atoms with van der Waals surface area (Å²) in [6.07, 6.45) is 5.41. The molecule has 1 heterocycles. The fourth-order valence-electron chi connectivity index (χ4n) is 6.81. The van der Waals surface area contributed by atoms with Crippen molar-refractivity contribution >= 4 is 11.6 Å². The maximum atomic E-state index is 13.1. The molecule has 0 spiro atoms. The maximum absolute atomic E-state index is 13.1. The summed E-state index contributed by atoms with van der Waals surface area (Å²) in [4.78, 5) is 13.1. The monoisotopic (exact) mass is 635 g/mol. The number of hydrogen-bond acceptors (Lipinski definition) is 8. The van der Waals surface area contributed by atoms with E-state index in [2.05, 4.69) is 106 Å². The average molecular weight is 636 g/mol. The van der Waals surface area contributed by atoms with Gasteiger partial charge in [-0.05, 0) is 112 Å². The summed E-state index contributed by atoms with van der Waals surface area (Å²) in [6.45, 7) is 19.3. The molecule has 2 aliphatic rings. The number of nitrogens with zero attached hydrogens (tertiary/aromatic N) is 4. The zero-order valence-corrected chi connectivity index (χ0v) is 28.4. The van der Waals surface area contributed by atoms with E-state index in [1.165, 1.54) is 18.4 Å². The standard InChI is InChI=1S/C37H49N9O/c1-22(2)40-26(7)28-12-14-33-29(17-28)10-11-30-18-31(35(47)41-23(3)4)13-15-34(30)37(33,36-43-45-46-44-36)19-24(5)39-21-25(6)42-32(20-38)16-27-8-9-27/h12-15,17-18,22-24,27,32,39-40,42H,6-11,16,19,21H2,1-5H3,(H,41,47)(H,43,44,45,46)/t24-,32?,37?/m0/s1. The highest BCUT2D eigenvalue weighted by Crippen LogP contribution is 2.47. The van der Waals surface area contributed by atoms with Crippen molar-refractivity contribution in [3.8, 4) is 6.07 Å². The van der Waals surface area contributed by atoms with Crippen LogP contribution in [0.2, 0.25) is 0 Å². The van der Waals surface area contributed by atoms with E-state index in [4.69, 9.17) is 0 Å². The van der Waals surface area contributed by atoms with Crippen LogP contribution in [0.15, 0.2) is 55.3 Å². The lowest BCUT2D eigenvalue weighted by Gasteiger charge is -2.36. The Morgan fingerprint density at radius 1 is 0.979 bits per heavy atom. The van der Waals surface area contributed by atoms with E-state index in [0.717, 1.165) is 52.9 Å². The van der Waals surface area contributed by atoms with E-state index in [0.29, 0.717) is 30.3 Å². The van der Waals surface area contributed by atoms with Gasteiger partial charge in [-0.15, -0.1) is 10.2 Å². The van der Waals surface area contributed by atoms with Gasteiger partial charge in [0.05, 0.1) is 11.5 Å². The van der Waals surface area contributed by atoms with E-state index in [1.807, 2.05) is 26.0 Å². The van der Waals surface area contributed by atoms with Gasteiger partial charge in [-0.3, -0.25) is 4.79 Å². The van der Waals surface area contributed by atoms with Crippen LogP contribution >= 0.6 is 0 Å². The molecule has 5 rings (SSSR count). The van der Waals surface area contributed by atoms with E-state index in [1.54, 1.807) is 0 Å². The van der Waals surface area contributed by atoms with Crippen LogP contribution in [0.1, 0.15) is 104 Å².